The maximum atomic E-state index is 5.35. The van der Waals surface area contributed by atoms with Crippen LogP contribution in [-0.2, 0) is 0 Å². The second-order valence-corrected chi connectivity index (χ2v) is 5.80. The van der Waals surface area contributed by atoms with Crippen LogP contribution in [-0.4, -0.2) is 36.6 Å². The summed E-state index contributed by atoms with van der Waals surface area (Å²) in [5.74, 6) is 2.49. The van der Waals surface area contributed by atoms with Gasteiger partial charge in [0.05, 0.1) is 12.4 Å². The summed E-state index contributed by atoms with van der Waals surface area (Å²) in [5.41, 5.74) is 1.52. The van der Waals surface area contributed by atoms with Crippen LogP contribution in [0.1, 0.15) is 50.4 Å². The Balaban J connectivity index is 1.72. The molecule has 4 rings (SSSR count). The van der Waals surface area contributed by atoms with Gasteiger partial charge in [0, 0.05) is 12.5 Å². The Labute approximate surface area is 127 Å². The van der Waals surface area contributed by atoms with Crippen LogP contribution in [0, 0.1) is 0 Å². The number of imidazole rings is 1. The number of anilines is 1. The molecule has 8 nitrogen and oxygen atoms in total. The molecule has 0 amide bonds. The monoisotopic (exact) mass is 299 g/mol. The highest BCUT2D eigenvalue weighted by molar-refractivity contribution is 5.83. The lowest BCUT2D eigenvalue weighted by molar-refractivity contribution is 0.358. The number of hydrogen-bond donors (Lipinski definition) is 1. The summed E-state index contributed by atoms with van der Waals surface area (Å²) in [6, 6.07) is 0.0812. The molecule has 0 radical (unpaired) electrons. The summed E-state index contributed by atoms with van der Waals surface area (Å²) in [4.78, 5) is 22.7. The van der Waals surface area contributed by atoms with Gasteiger partial charge in [0.15, 0.2) is 17.3 Å². The van der Waals surface area contributed by atoms with Crippen molar-refractivity contribution >= 4 is 17.0 Å². The molecular formula is C14H17N7O. The first kappa shape index (κ1) is 13.2. The van der Waals surface area contributed by atoms with E-state index < -0.39 is 0 Å². The van der Waals surface area contributed by atoms with Crippen molar-refractivity contribution in [2.75, 3.05) is 11.4 Å². The molecule has 0 aliphatic carbocycles. The number of aromatic nitrogens is 6. The number of hydrogen-bond acceptors (Lipinski definition) is 7. The van der Waals surface area contributed by atoms with Crippen LogP contribution in [0.4, 0.5) is 5.82 Å². The van der Waals surface area contributed by atoms with E-state index >= 15 is 0 Å². The lowest BCUT2D eigenvalue weighted by Crippen LogP contribution is -2.24. The molecule has 114 valence electrons. The molecule has 0 bridgehead atoms. The van der Waals surface area contributed by atoms with Gasteiger partial charge in [-0.2, -0.15) is 4.98 Å². The molecule has 1 N–H and O–H groups in total. The van der Waals surface area contributed by atoms with Crippen LogP contribution in [0.5, 0.6) is 0 Å². The molecule has 22 heavy (non-hydrogen) atoms. The van der Waals surface area contributed by atoms with E-state index in [-0.39, 0.29) is 12.0 Å². The summed E-state index contributed by atoms with van der Waals surface area (Å²) < 4.78 is 5.35. The first-order valence-electron chi connectivity index (χ1n) is 7.48. The average molecular weight is 299 g/mol. The van der Waals surface area contributed by atoms with E-state index in [1.807, 2.05) is 13.8 Å². The summed E-state index contributed by atoms with van der Waals surface area (Å²) in [6.07, 6.45) is 5.23. The predicted octanol–water partition coefficient (Wildman–Crippen LogP) is 2.20. The Morgan fingerprint density at radius 1 is 1.32 bits per heavy atom. The summed E-state index contributed by atoms with van der Waals surface area (Å²) in [5, 5.41) is 4.17. The van der Waals surface area contributed by atoms with Crippen molar-refractivity contribution in [2.24, 2.45) is 0 Å². The first-order chi connectivity index (χ1) is 10.7. The van der Waals surface area contributed by atoms with E-state index in [0.29, 0.717) is 11.5 Å². The minimum atomic E-state index is 0.0812. The maximum Gasteiger partial charge on any atom is 0.229 e. The predicted molar refractivity (Wildman–Crippen MR) is 79.4 cm³/mol. The van der Waals surface area contributed by atoms with Crippen molar-refractivity contribution < 1.29 is 4.52 Å². The fourth-order valence-corrected chi connectivity index (χ4v) is 2.88. The van der Waals surface area contributed by atoms with Crippen LogP contribution < -0.4 is 4.90 Å². The molecule has 8 heteroatoms. The third-order valence-electron chi connectivity index (χ3n) is 3.98. The summed E-state index contributed by atoms with van der Waals surface area (Å²) in [7, 11) is 0. The van der Waals surface area contributed by atoms with Gasteiger partial charge in [-0.1, -0.05) is 19.0 Å². The minimum Gasteiger partial charge on any atom is -0.344 e. The fourth-order valence-electron chi connectivity index (χ4n) is 2.88. The Kier molecular flexibility index (Phi) is 3.02. The molecule has 1 aliphatic heterocycles. The Bertz CT molecular complexity index is 793. The SMILES string of the molecule is CC(C)c1nc(C2CCCN2c2ncnc3nc[nH]c23)no1. The molecule has 3 aromatic heterocycles. The Hall–Kier alpha value is -2.51. The summed E-state index contributed by atoms with van der Waals surface area (Å²) in [6.45, 7) is 4.99. The van der Waals surface area contributed by atoms with Crippen molar-refractivity contribution in [3.63, 3.8) is 0 Å². The Morgan fingerprint density at radius 3 is 3.05 bits per heavy atom. The quantitative estimate of drug-likeness (QED) is 0.791. The highest BCUT2D eigenvalue weighted by Crippen LogP contribution is 2.36. The molecule has 1 atom stereocenters. The van der Waals surface area contributed by atoms with Gasteiger partial charge in [0.1, 0.15) is 11.8 Å². The van der Waals surface area contributed by atoms with E-state index in [9.17, 15) is 0 Å². The van der Waals surface area contributed by atoms with Crippen LogP contribution in [0.3, 0.4) is 0 Å². The molecule has 1 fully saturated rings. The topological polar surface area (TPSA) is 96.6 Å². The second kappa shape index (κ2) is 5.04. The van der Waals surface area contributed by atoms with Crippen LogP contribution in [0.15, 0.2) is 17.2 Å². The van der Waals surface area contributed by atoms with Gasteiger partial charge in [0.25, 0.3) is 0 Å². The number of fused-ring (bicyclic) bond motifs is 1. The first-order valence-corrected chi connectivity index (χ1v) is 7.48. The largest absolute Gasteiger partial charge is 0.344 e. The molecule has 3 aromatic rings. The van der Waals surface area contributed by atoms with Crippen LogP contribution >= 0.6 is 0 Å². The van der Waals surface area contributed by atoms with E-state index in [2.05, 4.69) is 35.0 Å². The number of nitrogens with one attached hydrogen (secondary N) is 1. The third kappa shape index (κ3) is 2.02. The molecule has 0 saturated carbocycles. The zero-order chi connectivity index (χ0) is 15.1. The second-order valence-electron chi connectivity index (χ2n) is 5.80. The van der Waals surface area contributed by atoms with Crippen molar-refractivity contribution in [1.82, 2.24) is 30.1 Å². The van der Waals surface area contributed by atoms with Gasteiger partial charge in [-0.05, 0) is 12.8 Å². The smallest absolute Gasteiger partial charge is 0.229 e. The molecule has 0 spiro atoms. The molecule has 1 saturated heterocycles. The van der Waals surface area contributed by atoms with Crippen LogP contribution in [0.25, 0.3) is 11.2 Å². The van der Waals surface area contributed by atoms with Gasteiger partial charge < -0.3 is 14.4 Å². The van der Waals surface area contributed by atoms with Gasteiger partial charge in [-0.15, -0.1) is 0 Å². The summed E-state index contributed by atoms with van der Waals surface area (Å²) >= 11 is 0. The van der Waals surface area contributed by atoms with E-state index in [4.69, 9.17) is 4.52 Å². The highest BCUT2D eigenvalue weighted by atomic mass is 16.5. The number of aromatic amines is 1. The van der Waals surface area contributed by atoms with Gasteiger partial charge in [-0.25, -0.2) is 15.0 Å². The fraction of sp³-hybridized carbons (Fsp3) is 0.500. The number of rotatable bonds is 3. The van der Waals surface area contributed by atoms with E-state index in [1.165, 1.54) is 0 Å². The molecule has 1 unspecified atom stereocenters. The van der Waals surface area contributed by atoms with E-state index in [0.717, 1.165) is 36.5 Å². The Morgan fingerprint density at radius 2 is 2.23 bits per heavy atom. The maximum absolute atomic E-state index is 5.35. The zero-order valence-corrected chi connectivity index (χ0v) is 12.5. The lowest BCUT2D eigenvalue weighted by Gasteiger charge is -2.23. The van der Waals surface area contributed by atoms with Crippen molar-refractivity contribution in [2.45, 2.75) is 38.6 Å². The number of H-pyrrole nitrogens is 1. The minimum absolute atomic E-state index is 0.0812. The third-order valence-corrected chi connectivity index (χ3v) is 3.98. The van der Waals surface area contributed by atoms with Crippen molar-refractivity contribution in [1.29, 1.82) is 0 Å². The molecule has 0 aromatic carbocycles. The van der Waals surface area contributed by atoms with Gasteiger partial charge >= 0.3 is 0 Å². The van der Waals surface area contributed by atoms with Crippen molar-refractivity contribution in [3.05, 3.63) is 24.4 Å². The molecule has 4 heterocycles. The molecule has 1 aliphatic rings. The van der Waals surface area contributed by atoms with Crippen LogP contribution in [0.2, 0.25) is 0 Å². The van der Waals surface area contributed by atoms with Crippen molar-refractivity contribution in [3.8, 4) is 0 Å². The van der Waals surface area contributed by atoms with Gasteiger partial charge in [0.2, 0.25) is 5.89 Å². The lowest BCUT2D eigenvalue weighted by atomic mass is 10.2. The normalized spacial score (nSPS) is 18.7. The molecular weight excluding hydrogens is 282 g/mol. The standard InChI is InChI=1S/C14H17N7O/c1-8(2)14-19-11(20-22-14)9-4-3-5-21(9)13-10-12(16-6-15-10)17-7-18-13/h6-9H,3-5H2,1-2H3,(H,15,16,17,18). The van der Waals surface area contributed by atoms with E-state index in [1.54, 1.807) is 12.7 Å². The van der Waals surface area contributed by atoms with Gasteiger partial charge in [-0.3, -0.25) is 0 Å². The highest BCUT2D eigenvalue weighted by Gasteiger charge is 2.32. The number of nitrogens with zero attached hydrogens (tertiary/aromatic N) is 6. The average Bonchev–Trinajstić information content (AvgIpc) is 3.25. The zero-order valence-electron chi connectivity index (χ0n) is 12.5.